The van der Waals surface area contributed by atoms with Crippen LogP contribution in [0.5, 0.6) is 0 Å². The van der Waals surface area contributed by atoms with E-state index in [1.807, 2.05) is 23.8 Å². The Labute approximate surface area is 166 Å². The normalized spacial score (nSPS) is 14.5. The molecule has 0 amide bonds. The Hall–Kier alpha value is -3.39. The van der Waals surface area contributed by atoms with Gasteiger partial charge >= 0.3 is 0 Å². The van der Waals surface area contributed by atoms with Crippen LogP contribution in [0.3, 0.4) is 0 Å². The van der Waals surface area contributed by atoms with Crippen molar-refractivity contribution in [1.82, 2.24) is 24.5 Å². The average molecular weight is 390 g/mol. The first-order chi connectivity index (χ1) is 14.2. The predicted octanol–water partition coefficient (Wildman–Crippen LogP) is 3.16. The molecule has 0 aromatic carbocycles. The maximum atomic E-state index is 13.4. The molecule has 0 spiro atoms. The van der Waals surface area contributed by atoms with Crippen LogP contribution < -0.4 is 4.90 Å². The first kappa shape index (κ1) is 17.7. The number of halogens is 1. The van der Waals surface area contributed by atoms with Crippen LogP contribution in [0, 0.1) is 12.7 Å². The smallest absolute Gasteiger partial charge is 0.148 e. The average Bonchev–Trinajstić information content (AvgIpc) is 3.14. The number of hydrogen-bond donors (Lipinski definition) is 0. The van der Waals surface area contributed by atoms with Crippen LogP contribution in [0.15, 0.2) is 49.1 Å². The molecule has 8 heteroatoms. The van der Waals surface area contributed by atoms with Crippen molar-refractivity contribution in [3.8, 4) is 17.2 Å². The Morgan fingerprint density at radius 3 is 2.59 bits per heavy atom. The minimum Gasteiger partial charge on any atom is -0.378 e. The Morgan fingerprint density at radius 1 is 1.00 bits per heavy atom. The number of fused-ring (bicyclic) bond motifs is 1. The lowest BCUT2D eigenvalue weighted by molar-refractivity contribution is 0.122. The number of morpholine rings is 1. The standard InChI is InChI=1S/C21H19FN6O/c1-14-10-20(27-6-8-29-9-7-27)25-12-16(14)21-26-17-4-5-23-13-18(17)28(21)19-3-2-15(22)11-24-19/h2-5,10-13H,6-9H2,1H3. The fraction of sp³-hybridized carbons (Fsp3) is 0.238. The van der Waals surface area contributed by atoms with E-state index in [9.17, 15) is 4.39 Å². The third kappa shape index (κ3) is 3.21. The molecule has 4 aromatic heterocycles. The number of ether oxygens (including phenoxy) is 1. The topological polar surface area (TPSA) is 69.0 Å². The Morgan fingerprint density at radius 2 is 1.83 bits per heavy atom. The summed E-state index contributed by atoms with van der Waals surface area (Å²) in [5.74, 6) is 1.82. The van der Waals surface area contributed by atoms with Crippen LogP contribution in [0.25, 0.3) is 28.2 Å². The summed E-state index contributed by atoms with van der Waals surface area (Å²) >= 11 is 0. The van der Waals surface area contributed by atoms with Gasteiger partial charge in [-0.05, 0) is 36.8 Å². The van der Waals surface area contributed by atoms with E-state index >= 15 is 0 Å². The molecule has 0 saturated carbocycles. The number of aromatic nitrogens is 5. The fourth-order valence-electron chi connectivity index (χ4n) is 3.58. The zero-order valence-electron chi connectivity index (χ0n) is 15.9. The summed E-state index contributed by atoms with van der Waals surface area (Å²) in [4.78, 5) is 20.2. The number of imidazole rings is 1. The molecule has 146 valence electrons. The van der Waals surface area contributed by atoms with Gasteiger partial charge in [0.15, 0.2) is 0 Å². The molecule has 5 rings (SSSR count). The van der Waals surface area contributed by atoms with E-state index in [4.69, 9.17) is 9.72 Å². The minimum absolute atomic E-state index is 0.384. The van der Waals surface area contributed by atoms with Crippen molar-refractivity contribution < 1.29 is 9.13 Å². The zero-order chi connectivity index (χ0) is 19.8. The Balaban J connectivity index is 1.65. The van der Waals surface area contributed by atoms with Gasteiger partial charge < -0.3 is 9.64 Å². The molecule has 0 atom stereocenters. The summed E-state index contributed by atoms with van der Waals surface area (Å²) in [6.07, 6.45) is 6.48. The van der Waals surface area contributed by atoms with Crippen LogP contribution in [0.4, 0.5) is 10.2 Å². The van der Waals surface area contributed by atoms with Crippen molar-refractivity contribution in [3.05, 3.63) is 60.4 Å². The van der Waals surface area contributed by atoms with E-state index in [1.165, 1.54) is 12.3 Å². The van der Waals surface area contributed by atoms with Gasteiger partial charge in [0.1, 0.15) is 23.3 Å². The fourth-order valence-corrected chi connectivity index (χ4v) is 3.58. The van der Waals surface area contributed by atoms with Crippen LogP contribution in [-0.4, -0.2) is 50.8 Å². The van der Waals surface area contributed by atoms with Crippen molar-refractivity contribution >= 4 is 16.9 Å². The summed E-state index contributed by atoms with van der Waals surface area (Å²) in [7, 11) is 0. The lowest BCUT2D eigenvalue weighted by Gasteiger charge is -2.28. The van der Waals surface area contributed by atoms with Crippen LogP contribution >= 0.6 is 0 Å². The maximum absolute atomic E-state index is 13.4. The second-order valence-electron chi connectivity index (χ2n) is 6.93. The SMILES string of the molecule is Cc1cc(N2CCOCC2)ncc1-c1nc2ccncc2n1-c1ccc(F)cn1. The van der Waals surface area contributed by atoms with E-state index < -0.39 is 0 Å². The Bertz CT molecular complexity index is 1170. The van der Waals surface area contributed by atoms with E-state index in [0.29, 0.717) is 24.9 Å². The number of nitrogens with zero attached hydrogens (tertiary/aromatic N) is 6. The maximum Gasteiger partial charge on any atom is 0.148 e. The monoisotopic (exact) mass is 390 g/mol. The second kappa shape index (κ2) is 7.21. The van der Waals surface area contributed by atoms with Crippen LogP contribution in [0.1, 0.15) is 5.56 Å². The number of hydrogen-bond acceptors (Lipinski definition) is 6. The van der Waals surface area contributed by atoms with Gasteiger partial charge in [-0.15, -0.1) is 0 Å². The van der Waals surface area contributed by atoms with Gasteiger partial charge in [-0.2, -0.15) is 0 Å². The highest BCUT2D eigenvalue weighted by Crippen LogP contribution is 2.30. The number of pyridine rings is 3. The predicted molar refractivity (Wildman–Crippen MR) is 108 cm³/mol. The molecular weight excluding hydrogens is 371 g/mol. The molecule has 5 heterocycles. The molecule has 0 unspecified atom stereocenters. The van der Waals surface area contributed by atoms with Gasteiger partial charge in [0.05, 0.1) is 36.6 Å². The van der Waals surface area contributed by atoms with E-state index in [1.54, 1.807) is 18.5 Å². The summed E-state index contributed by atoms with van der Waals surface area (Å²) in [6.45, 7) is 5.12. The Kier molecular flexibility index (Phi) is 4.40. The van der Waals surface area contributed by atoms with E-state index in [0.717, 1.165) is 41.1 Å². The summed E-state index contributed by atoms with van der Waals surface area (Å²) < 4.78 is 20.7. The van der Waals surface area contributed by atoms with E-state index in [2.05, 4.69) is 25.9 Å². The third-order valence-corrected chi connectivity index (χ3v) is 5.07. The van der Waals surface area contributed by atoms with Crippen molar-refractivity contribution in [2.75, 3.05) is 31.2 Å². The molecule has 1 aliphatic rings. The third-order valence-electron chi connectivity index (χ3n) is 5.07. The molecular formula is C21H19FN6O. The van der Waals surface area contributed by atoms with Crippen molar-refractivity contribution in [2.45, 2.75) is 6.92 Å². The van der Waals surface area contributed by atoms with Crippen molar-refractivity contribution in [2.24, 2.45) is 0 Å². The van der Waals surface area contributed by atoms with Crippen molar-refractivity contribution in [3.63, 3.8) is 0 Å². The largest absolute Gasteiger partial charge is 0.378 e. The molecule has 0 N–H and O–H groups in total. The van der Waals surface area contributed by atoms with Gasteiger partial charge in [-0.3, -0.25) is 9.55 Å². The molecule has 1 aliphatic heterocycles. The van der Waals surface area contributed by atoms with Gasteiger partial charge in [0.2, 0.25) is 0 Å². The molecule has 7 nitrogen and oxygen atoms in total. The minimum atomic E-state index is -0.384. The van der Waals surface area contributed by atoms with Crippen LogP contribution in [-0.2, 0) is 4.74 Å². The van der Waals surface area contributed by atoms with E-state index in [-0.39, 0.29) is 5.82 Å². The van der Waals surface area contributed by atoms with Crippen LogP contribution in [0.2, 0.25) is 0 Å². The highest BCUT2D eigenvalue weighted by Gasteiger charge is 2.19. The molecule has 1 fully saturated rings. The molecule has 29 heavy (non-hydrogen) atoms. The highest BCUT2D eigenvalue weighted by molar-refractivity contribution is 5.82. The number of anilines is 1. The molecule has 1 saturated heterocycles. The zero-order valence-corrected chi connectivity index (χ0v) is 15.9. The lowest BCUT2D eigenvalue weighted by Crippen LogP contribution is -2.36. The molecule has 0 bridgehead atoms. The first-order valence-corrected chi connectivity index (χ1v) is 9.45. The summed E-state index contributed by atoms with van der Waals surface area (Å²) in [5, 5.41) is 0. The number of aryl methyl sites for hydroxylation is 1. The van der Waals surface area contributed by atoms with Gasteiger partial charge in [0, 0.05) is 31.0 Å². The quantitative estimate of drug-likeness (QED) is 0.535. The van der Waals surface area contributed by atoms with Crippen molar-refractivity contribution in [1.29, 1.82) is 0 Å². The van der Waals surface area contributed by atoms with Gasteiger partial charge in [0.25, 0.3) is 0 Å². The van der Waals surface area contributed by atoms with Gasteiger partial charge in [-0.25, -0.2) is 19.3 Å². The van der Waals surface area contributed by atoms with Gasteiger partial charge in [-0.1, -0.05) is 0 Å². The molecule has 4 aromatic rings. The molecule has 0 aliphatic carbocycles. The summed E-state index contributed by atoms with van der Waals surface area (Å²) in [6, 6.07) is 6.95. The number of rotatable bonds is 3. The first-order valence-electron chi connectivity index (χ1n) is 9.45. The molecule has 0 radical (unpaired) electrons. The second-order valence-corrected chi connectivity index (χ2v) is 6.93. The summed E-state index contributed by atoms with van der Waals surface area (Å²) in [5.41, 5.74) is 3.54. The highest BCUT2D eigenvalue weighted by atomic mass is 19.1. The lowest BCUT2D eigenvalue weighted by atomic mass is 10.1.